The van der Waals surface area contributed by atoms with Crippen LogP contribution in [0.1, 0.15) is 25.8 Å². The van der Waals surface area contributed by atoms with Gasteiger partial charge in [-0.05, 0) is 50.7 Å². The fraction of sp³-hybridized carbons (Fsp3) is 0.429. The molecule has 0 spiro atoms. The van der Waals surface area contributed by atoms with Crippen LogP contribution in [0, 0.1) is 0 Å². The second-order valence-electron chi connectivity index (χ2n) is 4.28. The van der Waals surface area contributed by atoms with Gasteiger partial charge >= 0.3 is 0 Å². The summed E-state index contributed by atoms with van der Waals surface area (Å²) in [5, 5.41) is 17.4. The highest BCUT2D eigenvalue weighted by atomic mass is 79.9. The minimum absolute atomic E-state index is 0.178. The van der Waals surface area contributed by atoms with Crippen LogP contribution in [-0.2, 0) is 4.74 Å². The lowest BCUT2D eigenvalue weighted by molar-refractivity contribution is 0.145. The zero-order valence-electron chi connectivity index (χ0n) is 12.1. The summed E-state index contributed by atoms with van der Waals surface area (Å²) in [5.41, 5.74) is 4.05. The Bertz CT molecular complexity index is 509. The van der Waals surface area contributed by atoms with Crippen molar-refractivity contribution in [2.75, 3.05) is 19.8 Å². The number of ether oxygens (including phenoxy) is 1. The summed E-state index contributed by atoms with van der Waals surface area (Å²) in [5.74, 6) is 0.178. The zero-order chi connectivity index (χ0) is 15.7. The van der Waals surface area contributed by atoms with Crippen molar-refractivity contribution in [1.29, 1.82) is 0 Å². The maximum Gasteiger partial charge on any atom is 0.186 e. The van der Waals surface area contributed by atoms with Gasteiger partial charge in [0.1, 0.15) is 5.75 Å². The van der Waals surface area contributed by atoms with Gasteiger partial charge in [0, 0.05) is 29.8 Å². The maximum atomic E-state index is 9.80. The van der Waals surface area contributed by atoms with E-state index in [1.165, 1.54) is 0 Å². The van der Waals surface area contributed by atoms with Crippen LogP contribution in [0.4, 0.5) is 0 Å². The number of phenols is 1. The van der Waals surface area contributed by atoms with E-state index in [0.29, 0.717) is 23.0 Å². The smallest absolute Gasteiger partial charge is 0.186 e. The number of halogens is 1. The van der Waals surface area contributed by atoms with Crippen LogP contribution in [0.3, 0.4) is 0 Å². The van der Waals surface area contributed by atoms with Crippen LogP contribution in [0.2, 0.25) is 0 Å². The van der Waals surface area contributed by atoms with E-state index < -0.39 is 0 Å². The summed E-state index contributed by atoms with van der Waals surface area (Å²) in [6, 6.07) is 5.18. The molecule has 0 heterocycles. The molecule has 7 heteroatoms. The predicted octanol–water partition coefficient (Wildman–Crippen LogP) is 2.77. The van der Waals surface area contributed by atoms with E-state index in [9.17, 15) is 5.11 Å². The lowest BCUT2D eigenvalue weighted by Gasteiger charge is -2.09. The third-order valence-corrected chi connectivity index (χ3v) is 3.36. The highest BCUT2D eigenvalue weighted by Crippen LogP contribution is 2.22. The fourth-order valence-corrected chi connectivity index (χ4v) is 2.06. The van der Waals surface area contributed by atoms with Crippen LogP contribution in [0.15, 0.2) is 27.8 Å². The van der Waals surface area contributed by atoms with Crippen molar-refractivity contribution in [3.63, 3.8) is 0 Å². The average molecular weight is 374 g/mol. The van der Waals surface area contributed by atoms with E-state index in [1.54, 1.807) is 25.1 Å². The van der Waals surface area contributed by atoms with E-state index in [2.05, 4.69) is 31.8 Å². The monoisotopic (exact) mass is 373 g/mol. The van der Waals surface area contributed by atoms with Crippen molar-refractivity contribution < 1.29 is 9.84 Å². The fourth-order valence-electron chi connectivity index (χ4n) is 1.55. The zero-order valence-corrected chi connectivity index (χ0v) is 14.6. The van der Waals surface area contributed by atoms with Crippen molar-refractivity contribution in [1.82, 2.24) is 10.7 Å². The van der Waals surface area contributed by atoms with E-state index in [-0.39, 0.29) is 5.75 Å². The van der Waals surface area contributed by atoms with Crippen LogP contribution in [0.5, 0.6) is 5.75 Å². The molecule has 0 bridgehead atoms. The molecule has 0 fully saturated rings. The van der Waals surface area contributed by atoms with Gasteiger partial charge < -0.3 is 15.2 Å². The molecule has 0 saturated carbocycles. The minimum Gasteiger partial charge on any atom is -0.507 e. The van der Waals surface area contributed by atoms with Gasteiger partial charge in [0.25, 0.3) is 0 Å². The van der Waals surface area contributed by atoms with Crippen LogP contribution in [-0.4, -0.2) is 35.7 Å². The van der Waals surface area contributed by atoms with E-state index >= 15 is 0 Å². The molecule has 0 aliphatic rings. The van der Waals surface area contributed by atoms with Crippen molar-refractivity contribution in [3.05, 3.63) is 28.2 Å². The van der Waals surface area contributed by atoms with Crippen molar-refractivity contribution in [2.24, 2.45) is 5.10 Å². The maximum absolute atomic E-state index is 9.80. The summed E-state index contributed by atoms with van der Waals surface area (Å²) in [4.78, 5) is 0. The van der Waals surface area contributed by atoms with Gasteiger partial charge in [-0.1, -0.05) is 15.9 Å². The Kier molecular flexibility index (Phi) is 8.26. The lowest BCUT2D eigenvalue weighted by atomic mass is 10.1. The first-order valence-corrected chi connectivity index (χ1v) is 7.89. The molecule has 3 N–H and O–H groups in total. The van der Waals surface area contributed by atoms with E-state index in [4.69, 9.17) is 17.0 Å². The van der Waals surface area contributed by atoms with Gasteiger partial charge in [-0.25, -0.2) is 0 Å². The summed E-state index contributed by atoms with van der Waals surface area (Å²) < 4.78 is 6.11. The Balaban J connectivity index is 2.44. The first kappa shape index (κ1) is 17.9. The number of hydrogen-bond acceptors (Lipinski definition) is 4. The molecule has 0 aliphatic carbocycles. The molecule has 1 aromatic carbocycles. The summed E-state index contributed by atoms with van der Waals surface area (Å²) in [6.45, 7) is 5.92. The number of nitrogens with one attached hydrogen (secondary N) is 2. The Morgan fingerprint density at radius 1 is 1.48 bits per heavy atom. The molecule has 1 aromatic rings. The molecule has 0 unspecified atom stereocenters. The van der Waals surface area contributed by atoms with Gasteiger partial charge in [-0.2, -0.15) is 5.10 Å². The standard InChI is InChI=1S/C14H20BrN3O2S/c1-3-20-8-4-7-16-14(21)18-17-10(2)12-9-11(15)5-6-13(12)19/h5-6,9,19H,3-4,7-8H2,1-2H3,(H2,16,18,21)/b17-10+. The molecule has 0 radical (unpaired) electrons. The average Bonchev–Trinajstić information content (AvgIpc) is 2.47. The highest BCUT2D eigenvalue weighted by molar-refractivity contribution is 9.10. The third-order valence-electron chi connectivity index (χ3n) is 2.63. The molecule has 0 amide bonds. The van der Waals surface area contributed by atoms with Crippen LogP contribution >= 0.6 is 28.1 Å². The van der Waals surface area contributed by atoms with Gasteiger partial charge in [0.15, 0.2) is 5.11 Å². The summed E-state index contributed by atoms with van der Waals surface area (Å²) in [6.07, 6.45) is 0.880. The molecule has 116 valence electrons. The SMILES string of the molecule is CCOCCCNC(=S)N/N=C(\C)c1cc(Br)ccc1O. The number of aromatic hydroxyl groups is 1. The van der Waals surface area contributed by atoms with Crippen molar-refractivity contribution >= 4 is 39.0 Å². The first-order valence-electron chi connectivity index (χ1n) is 6.69. The van der Waals surface area contributed by atoms with Gasteiger partial charge in [-0.3, -0.25) is 5.43 Å². The molecule has 0 aromatic heterocycles. The number of benzene rings is 1. The van der Waals surface area contributed by atoms with Crippen molar-refractivity contribution in [2.45, 2.75) is 20.3 Å². The Morgan fingerprint density at radius 3 is 2.95 bits per heavy atom. The molecule has 0 aliphatic heterocycles. The van der Waals surface area contributed by atoms with Gasteiger partial charge in [0.2, 0.25) is 0 Å². The van der Waals surface area contributed by atoms with Crippen LogP contribution < -0.4 is 10.7 Å². The number of hydrazone groups is 1. The Morgan fingerprint density at radius 2 is 2.24 bits per heavy atom. The van der Waals surface area contributed by atoms with E-state index in [1.807, 2.05) is 6.92 Å². The lowest BCUT2D eigenvalue weighted by Crippen LogP contribution is -2.33. The number of nitrogens with zero attached hydrogens (tertiary/aromatic N) is 1. The predicted molar refractivity (Wildman–Crippen MR) is 92.9 cm³/mol. The molecule has 5 nitrogen and oxygen atoms in total. The number of hydrogen-bond donors (Lipinski definition) is 3. The number of rotatable bonds is 7. The molecule has 21 heavy (non-hydrogen) atoms. The molecular weight excluding hydrogens is 354 g/mol. The summed E-state index contributed by atoms with van der Waals surface area (Å²) in [7, 11) is 0. The Hall–Kier alpha value is -1.18. The molecule has 0 atom stereocenters. The van der Waals surface area contributed by atoms with Gasteiger partial charge in [-0.15, -0.1) is 0 Å². The largest absolute Gasteiger partial charge is 0.507 e. The first-order chi connectivity index (χ1) is 10.0. The van der Waals surface area contributed by atoms with Crippen LogP contribution in [0.25, 0.3) is 0 Å². The van der Waals surface area contributed by atoms with E-state index in [0.717, 1.165) is 24.0 Å². The number of phenolic OH excluding ortho intramolecular Hbond substituents is 1. The van der Waals surface area contributed by atoms with Gasteiger partial charge in [0.05, 0.1) is 5.71 Å². The number of thiocarbonyl (C=S) groups is 1. The Labute approximate surface area is 138 Å². The topological polar surface area (TPSA) is 65.9 Å². The minimum atomic E-state index is 0.178. The molecule has 1 rings (SSSR count). The quantitative estimate of drug-likeness (QED) is 0.297. The highest BCUT2D eigenvalue weighted by Gasteiger charge is 2.05. The normalized spacial score (nSPS) is 11.3. The summed E-state index contributed by atoms with van der Waals surface area (Å²) >= 11 is 8.48. The third kappa shape index (κ3) is 6.88. The second kappa shape index (κ2) is 9.70. The molecular formula is C14H20BrN3O2S. The molecule has 0 saturated heterocycles. The van der Waals surface area contributed by atoms with Crippen molar-refractivity contribution in [3.8, 4) is 5.75 Å². The second-order valence-corrected chi connectivity index (χ2v) is 5.60.